The Morgan fingerprint density at radius 2 is 2.31 bits per heavy atom. The van der Waals surface area contributed by atoms with Crippen molar-refractivity contribution in [1.82, 2.24) is 5.32 Å². The van der Waals surface area contributed by atoms with Crippen molar-refractivity contribution in [3.63, 3.8) is 0 Å². The van der Waals surface area contributed by atoms with E-state index in [0.29, 0.717) is 6.54 Å². The van der Waals surface area contributed by atoms with E-state index in [1.54, 1.807) is 11.3 Å². The van der Waals surface area contributed by atoms with Gasteiger partial charge >= 0.3 is 0 Å². The Morgan fingerprint density at radius 3 is 2.88 bits per heavy atom. The first kappa shape index (κ1) is 12.8. The first-order valence-electron chi connectivity index (χ1n) is 5.21. The van der Waals surface area contributed by atoms with E-state index >= 15 is 0 Å². The van der Waals surface area contributed by atoms with E-state index in [2.05, 4.69) is 24.2 Å². The average molecular weight is 236 g/mol. The Labute approximate surface area is 100 Å². The lowest BCUT2D eigenvalue weighted by Crippen LogP contribution is -2.39. The van der Waals surface area contributed by atoms with Crippen molar-refractivity contribution >= 4 is 17.2 Å². The molecule has 0 aliphatic rings. The molecule has 0 saturated carbocycles. The summed E-state index contributed by atoms with van der Waals surface area (Å²) in [6.45, 7) is 2.64. The van der Waals surface area contributed by atoms with Crippen LogP contribution in [-0.2, 0) is 17.8 Å². The normalized spacial score (nSPS) is 11.8. The molecule has 86 valence electrons. The van der Waals surface area contributed by atoms with Crippen molar-refractivity contribution in [2.24, 2.45) is 5.73 Å². The highest BCUT2D eigenvalue weighted by molar-refractivity contribution is 7.11. The van der Waals surface area contributed by atoms with Gasteiger partial charge in [-0.25, -0.2) is 0 Å². The van der Waals surface area contributed by atoms with E-state index in [1.165, 1.54) is 4.88 Å². The van der Waals surface area contributed by atoms with Gasteiger partial charge in [-0.1, -0.05) is 6.92 Å². The molecule has 0 aromatic carbocycles. The van der Waals surface area contributed by atoms with Crippen LogP contribution >= 0.6 is 11.3 Å². The van der Waals surface area contributed by atoms with E-state index < -0.39 is 6.04 Å². The highest BCUT2D eigenvalue weighted by Gasteiger charge is 2.11. The van der Waals surface area contributed by atoms with E-state index in [4.69, 9.17) is 12.2 Å². The Hall–Kier alpha value is -1.31. The molecule has 0 bridgehead atoms. The summed E-state index contributed by atoms with van der Waals surface area (Å²) < 4.78 is 0. The first-order valence-corrected chi connectivity index (χ1v) is 6.03. The molecule has 1 rings (SSSR count). The van der Waals surface area contributed by atoms with Crippen LogP contribution in [0.3, 0.4) is 0 Å². The summed E-state index contributed by atoms with van der Waals surface area (Å²) in [6, 6.07) is 3.50. The van der Waals surface area contributed by atoms with Crippen LogP contribution in [0, 0.1) is 12.3 Å². The monoisotopic (exact) mass is 236 g/mol. The summed E-state index contributed by atoms with van der Waals surface area (Å²) in [5.41, 5.74) is 5.57. The molecule has 1 unspecified atom stereocenters. The molecule has 0 saturated heterocycles. The highest BCUT2D eigenvalue weighted by Crippen LogP contribution is 2.16. The molecule has 3 nitrogen and oxygen atoms in total. The van der Waals surface area contributed by atoms with Gasteiger partial charge < -0.3 is 11.1 Å². The SMILES string of the molecule is C#CCC(N)C(=O)NCc1ccc(CC)s1. The van der Waals surface area contributed by atoms with Gasteiger partial charge in [-0.2, -0.15) is 0 Å². The summed E-state index contributed by atoms with van der Waals surface area (Å²) >= 11 is 1.70. The lowest BCUT2D eigenvalue weighted by molar-refractivity contribution is -0.122. The van der Waals surface area contributed by atoms with E-state index in [1.807, 2.05) is 6.07 Å². The number of rotatable bonds is 5. The van der Waals surface area contributed by atoms with Crippen LogP contribution in [0.5, 0.6) is 0 Å². The molecule has 4 heteroatoms. The molecular formula is C12H16N2OS. The van der Waals surface area contributed by atoms with Crippen molar-refractivity contribution in [1.29, 1.82) is 0 Å². The molecule has 0 radical (unpaired) electrons. The van der Waals surface area contributed by atoms with Crippen LogP contribution in [0.25, 0.3) is 0 Å². The van der Waals surface area contributed by atoms with Crippen LogP contribution in [0.1, 0.15) is 23.1 Å². The third kappa shape index (κ3) is 3.69. The number of nitrogens with two attached hydrogens (primary N) is 1. The van der Waals surface area contributed by atoms with Gasteiger partial charge in [0.1, 0.15) is 0 Å². The van der Waals surface area contributed by atoms with Crippen molar-refractivity contribution in [3.8, 4) is 12.3 Å². The average Bonchev–Trinajstić information content (AvgIpc) is 2.74. The van der Waals surface area contributed by atoms with Crippen molar-refractivity contribution in [2.45, 2.75) is 32.4 Å². The lowest BCUT2D eigenvalue weighted by Gasteiger charge is -2.08. The summed E-state index contributed by atoms with van der Waals surface area (Å²) in [7, 11) is 0. The van der Waals surface area contributed by atoms with Crippen molar-refractivity contribution in [3.05, 3.63) is 21.9 Å². The van der Waals surface area contributed by atoms with Gasteiger partial charge in [0.15, 0.2) is 0 Å². The number of carbonyl (C=O) groups excluding carboxylic acids is 1. The fourth-order valence-corrected chi connectivity index (χ4v) is 2.13. The molecule has 1 aromatic rings. The molecule has 3 N–H and O–H groups in total. The number of hydrogen-bond donors (Lipinski definition) is 2. The summed E-state index contributed by atoms with van der Waals surface area (Å²) in [5.74, 6) is 2.19. The molecule has 0 fully saturated rings. The standard InChI is InChI=1S/C12H16N2OS/c1-3-5-11(13)12(15)14-8-10-7-6-9(4-2)16-10/h1,6-7,11H,4-5,8,13H2,2H3,(H,14,15). The van der Waals surface area contributed by atoms with Gasteiger partial charge in [0, 0.05) is 16.2 Å². The molecule has 0 aliphatic carbocycles. The predicted molar refractivity (Wildman–Crippen MR) is 67.0 cm³/mol. The van der Waals surface area contributed by atoms with E-state index in [0.717, 1.165) is 11.3 Å². The van der Waals surface area contributed by atoms with E-state index in [9.17, 15) is 4.79 Å². The third-order valence-electron chi connectivity index (χ3n) is 2.18. The molecule has 1 heterocycles. The smallest absolute Gasteiger partial charge is 0.238 e. The van der Waals surface area contributed by atoms with Crippen LogP contribution in [-0.4, -0.2) is 11.9 Å². The molecule has 16 heavy (non-hydrogen) atoms. The minimum absolute atomic E-state index is 0.190. The summed E-state index contributed by atoms with van der Waals surface area (Å²) in [5, 5.41) is 2.77. The second-order valence-corrected chi connectivity index (χ2v) is 4.71. The van der Waals surface area contributed by atoms with Gasteiger partial charge in [-0.05, 0) is 18.6 Å². The fraction of sp³-hybridized carbons (Fsp3) is 0.417. The number of terminal acetylenes is 1. The van der Waals surface area contributed by atoms with E-state index in [-0.39, 0.29) is 12.3 Å². The Balaban J connectivity index is 2.40. The first-order chi connectivity index (χ1) is 7.67. The number of nitrogens with one attached hydrogen (secondary N) is 1. The van der Waals surface area contributed by atoms with Gasteiger partial charge in [-0.15, -0.1) is 23.7 Å². The van der Waals surface area contributed by atoms with Gasteiger partial charge in [-0.3, -0.25) is 4.79 Å². The predicted octanol–water partition coefficient (Wildman–Crippen LogP) is 1.28. The zero-order chi connectivity index (χ0) is 12.0. The minimum Gasteiger partial charge on any atom is -0.350 e. The van der Waals surface area contributed by atoms with Gasteiger partial charge in [0.2, 0.25) is 5.91 Å². The van der Waals surface area contributed by atoms with Crippen LogP contribution in [0.4, 0.5) is 0 Å². The number of amides is 1. The van der Waals surface area contributed by atoms with Crippen molar-refractivity contribution in [2.75, 3.05) is 0 Å². The second kappa shape index (κ2) is 6.31. The van der Waals surface area contributed by atoms with Crippen LogP contribution in [0.15, 0.2) is 12.1 Å². The molecule has 1 atom stereocenters. The van der Waals surface area contributed by atoms with Gasteiger partial charge in [0.05, 0.1) is 12.6 Å². The zero-order valence-corrected chi connectivity index (χ0v) is 10.1. The maximum atomic E-state index is 11.5. The van der Waals surface area contributed by atoms with Gasteiger partial charge in [0.25, 0.3) is 0 Å². The summed E-state index contributed by atoms with van der Waals surface area (Å²) in [4.78, 5) is 13.9. The lowest BCUT2D eigenvalue weighted by atomic mass is 10.2. The highest BCUT2D eigenvalue weighted by atomic mass is 32.1. The number of aryl methyl sites for hydroxylation is 1. The molecule has 0 aliphatic heterocycles. The largest absolute Gasteiger partial charge is 0.350 e. The Bertz CT molecular complexity index is 392. The Morgan fingerprint density at radius 1 is 1.62 bits per heavy atom. The van der Waals surface area contributed by atoms with Crippen molar-refractivity contribution < 1.29 is 4.79 Å². The molecular weight excluding hydrogens is 220 g/mol. The third-order valence-corrected chi connectivity index (χ3v) is 3.41. The van der Waals surface area contributed by atoms with Crippen LogP contribution < -0.4 is 11.1 Å². The molecule has 0 spiro atoms. The Kier molecular flexibility index (Phi) is 5.03. The quantitative estimate of drug-likeness (QED) is 0.757. The molecule has 1 amide bonds. The number of carbonyl (C=O) groups is 1. The fourth-order valence-electron chi connectivity index (χ4n) is 1.23. The second-order valence-electron chi connectivity index (χ2n) is 3.45. The maximum Gasteiger partial charge on any atom is 0.238 e. The zero-order valence-electron chi connectivity index (χ0n) is 9.32. The number of thiophene rings is 1. The molecule has 1 aromatic heterocycles. The number of hydrogen-bond acceptors (Lipinski definition) is 3. The topological polar surface area (TPSA) is 55.1 Å². The minimum atomic E-state index is -0.601. The summed E-state index contributed by atoms with van der Waals surface area (Å²) in [6.07, 6.45) is 6.39. The maximum absolute atomic E-state index is 11.5. The van der Waals surface area contributed by atoms with Crippen LogP contribution in [0.2, 0.25) is 0 Å².